The van der Waals surface area contributed by atoms with Gasteiger partial charge < -0.3 is 5.73 Å². The molecule has 0 unspecified atom stereocenters. The zero-order valence-corrected chi connectivity index (χ0v) is 12.4. The molecular formula is C18H19N3. The van der Waals surface area contributed by atoms with Gasteiger partial charge in [-0.1, -0.05) is 47.5 Å². The van der Waals surface area contributed by atoms with E-state index in [1.165, 1.54) is 16.7 Å². The van der Waals surface area contributed by atoms with Crippen LogP contribution in [0.3, 0.4) is 0 Å². The zero-order chi connectivity index (χ0) is 14.8. The molecule has 0 spiro atoms. The molecule has 106 valence electrons. The van der Waals surface area contributed by atoms with Gasteiger partial charge >= 0.3 is 0 Å². The maximum absolute atomic E-state index is 6.14. The van der Waals surface area contributed by atoms with Gasteiger partial charge in [-0.3, -0.25) is 4.68 Å². The highest BCUT2D eigenvalue weighted by Crippen LogP contribution is 2.26. The molecule has 0 amide bonds. The van der Waals surface area contributed by atoms with Gasteiger partial charge in [-0.15, -0.1) is 0 Å². The summed E-state index contributed by atoms with van der Waals surface area (Å²) >= 11 is 0. The molecule has 21 heavy (non-hydrogen) atoms. The van der Waals surface area contributed by atoms with E-state index in [0.717, 1.165) is 23.5 Å². The number of nitrogens with zero attached hydrogens (tertiary/aromatic N) is 2. The molecule has 3 rings (SSSR count). The molecule has 0 saturated heterocycles. The second-order valence-corrected chi connectivity index (χ2v) is 5.49. The Labute approximate surface area is 125 Å². The van der Waals surface area contributed by atoms with Crippen LogP contribution in [0, 0.1) is 13.8 Å². The molecule has 2 N–H and O–H groups in total. The van der Waals surface area contributed by atoms with E-state index in [4.69, 9.17) is 5.73 Å². The van der Waals surface area contributed by atoms with Crippen LogP contribution >= 0.6 is 0 Å². The summed E-state index contributed by atoms with van der Waals surface area (Å²) in [5.41, 5.74) is 12.5. The van der Waals surface area contributed by atoms with E-state index in [1.54, 1.807) is 0 Å². The number of nitrogen functional groups attached to an aromatic ring is 1. The molecule has 3 nitrogen and oxygen atoms in total. The average Bonchev–Trinajstić information content (AvgIpc) is 2.79. The summed E-state index contributed by atoms with van der Waals surface area (Å²) in [6.45, 7) is 4.91. The second kappa shape index (κ2) is 5.44. The summed E-state index contributed by atoms with van der Waals surface area (Å²) < 4.78 is 1.90. The lowest BCUT2D eigenvalue weighted by atomic mass is 10.0. The Bertz CT molecular complexity index is 737. The molecule has 0 aliphatic heterocycles. The summed E-state index contributed by atoms with van der Waals surface area (Å²) in [5, 5.41) is 4.65. The fourth-order valence-corrected chi connectivity index (χ4v) is 2.62. The van der Waals surface area contributed by atoms with Crippen molar-refractivity contribution in [2.24, 2.45) is 0 Å². The topological polar surface area (TPSA) is 43.8 Å². The van der Waals surface area contributed by atoms with Crippen molar-refractivity contribution in [1.29, 1.82) is 0 Å². The van der Waals surface area contributed by atoms with Crippen LogP contribution in [-0.2, 0) is 6.54 Å². The van der Waals surface area contributed by atoms with Crippen molar-refractivity contribution >= 4 is 5.69 Å². The minimum atomic E-state index is 0.718. The monoisotopic (exact) mass is 277 g/mol. The molecule has 3 aromatic rings. The average molecular weight is 277 g/mol. The highest BCUT2D eigenvalue weighted by atomic mass is 15.3. The lowest BCUT2D eigenvalue weighted by molar-refractivity contribution is 0.689. The quantitative estimate of drug-likeness (QED) is 0.791. The molecule has 0 aliphatic rings. The predicted molar refractivity (Wildman–Crippen MR) is 87.1 cm³/mol. The van der Waals surface area contributed by atoms with Crippen LogP contribution in [-0.4, -0.2) is 9.78 Å². The Hall–Kier alpha value is -2.55. The van der Waals surface area contributed by atoms with Gasteiger partial charge in [0, 0.05) is 11.8 Å². The van der Waals surface area contributed by atoms with Gasteiger partial charge in [0.25, 0.3) is 0 Å². The molecule has 0 fully saturated rings. The Morgan fingerprint density at radius 3 is 2.33 bits per heavy atom. The molecule has 0 radical (unpaired) electrons. The Balaban J connectivity index is 1.94. The van der Waals surface area contributed by atoms with Crippen LogP contribution in [0.25, 0.3) is 11.3 Å². The third-order valence-corrected chi connectivity index (χ3v) is 3.47. The number of aryl methyl sites for hydroxylation is 2. The standard InChI is InChI=1S/C18H19N3/c1-13-8-14(2)10-16(9-13)18-17(19)12-21(20-18)11-15-6-4-3-5-7-15/h3-10,12H,11,19H2,1-2H3. The lowest BCUT2D eigenvalue weighted by Crippen LogP contribution is -2.00. The highest BCUT2D eigenvalue weighted by molar-refractivity contribution is 5.72. The number of rotatable bonds is 3. The molecule has 3 heteroatoms. The number of benzene rings is 2. The maximum atomic E-state index is 6.14. The van der Waals surface area contributed by atoms with Gasteiger partial charge in [0.1, 0.15) is 5.69 Å². The van der Waals surface area contributed by atoms with Crippen LogP contribution in [0.2, 0.25) is 0 Å². The van der Waals surface area contributed by atoms with Gasteiger partial charge in [-0.05, 0) is 31.5 Å². The number of anilines is 1. The molecule has 1 aromatic heterocycles. The lowest BCUT2D eigenvalue weighted by Gasteiger charge is -2.03. The molecule has 0 atom stereocenters. The summed E-state index contributed by atoms with van der Waals surface area (Å²) in [6, 6.07) is 16.7. The van der Waals surface area contributed by atoms with Gasteiger partial charge in [-0.2, -0.15) is 5.10 Å². The minimum absolute atomic E-state index is 0.718. The van der Waals surface area contributed by atoms with E-state index in [1.807, 2.05) is 29.1 Å². The van der Waals surface area contributed by atoms with E-state index in [9.17, 15) is 0 Å². The van der Waals surface area contributed by atoms with Crippen molar-refractivity contribution in [3.8, 4) is 11.3 Å². The maximum Gasteiger partial charge on any atom is 0.115 e. The first kappa shape index (κ1) is 13.4. The Morgan fingerprint density at radius 2 is 1.67 bits per heavy atom. The molecular weight excluding hydrogens is 258 g/mol. The smallest absolute Gasteiger partial charge is 0.115 e. The van der Waals surface area contributed by atoms with E-state index in [0.29, 0.717) is 0 Å². The molecule has 2 aromatic carbocycles. The van der Waals surface area contributed by atoms with E-state index in [2.05, 4.69) is 49.3 Å². The molecule has 0 saturated carbocycles. The van der Waals surface area contributed by atoms with Gasteiger partial charge in [0.15, 0.2) is 0 Å². The summed E-state index contributed by atoms with van der Waals surface area (Å²) in [6.07, 6.45) is 1.90. The third-order valence-electron chi connectivity index (χ3n) is 3.47. The normalized spacial score (nSPS) is 10.8. The van der Waals surface area contributed by atoms with Crippen molar-refractivity contribution < 1.29 is 0 Å². The number of aromatic nitrogens is 2. The summed E-state index contributed by atoms with van der Waals surface area (Å²) in [7, 11) is 0. The van der Waals surface area contributed by atoms with E-state index >= 15 is 0 Å². The number of hydrogen-bond acceptors (Lipinski definition) is 2. The van der Waals surface area contributed by atoms with Crippen molar-refractivity contribution in [3.63, 3.8) is 0 Å². The van der Waals surface area contributed by atoms with Crippen LogP contribution in [0.5, 0.6) is 0 Å². The van der Waals surface area contributed by atoms with Crippen LogP contribution in [0.1, 0.15) is 16.7 Å². The third kappa shape index (κ3) is 2.97. The highest BCUT2D eigenvalue weighted by Gasteiger charge is 2.09. The molecule has 0 aliphatic carbocycles. The van der Waals surface area contributed by atoms with Crippen molar-refractivity contribution in [1.82, 2.24) is 9.78 Å². The SMILES string of the molecule is Cc1cc(C)cc(-c2nn(Cc3ccccc3)cc2N)c1. The van der Waals surface area contributed by atoms with E-state index < -0.39 is 0 Å². The predicted octanol–water partition coefficient (Wildman–Crippen LogP) is 3.80. The van der Waals surface area contributed by atoms with Crippen LogP contribution in [0.4, 0.5) is 5.69 Å². The Morgan fingerprint density at radius 1 is 1.00 bits per heavy atom. The minimum Gasteiger partial charge on any atom is -0.396 e. The number of hydrogen-bond donors (Lipinski definition) is 1. The Kier molecular flexibility index (Phi) is 3.48. The van der Waals surface area contributed by atoms with Crippen LogP contribution in [0.15, 0.2) is 54.7 Å². The first-order valence-corrected chi connectivity index (χ1v) is 7.07. The number of nitrogens with two attached hydrogens (primary N) is 1. The van der Waals surface area contributed by atoms with Gasteiger partial charge in [0.05, 0.1) is 12.2 Å². The summed E-state index contributed by atoms with van der Waals surface area (Å²) in [5.74, 6) is 0. The first-order valence-electron chi connectivity index (χ1n) is 7.07. The van der Waals surface area contributed by atoms with E-state index in [-0.39, 0.29) is 0 Å². The fraction of sp³-hybridized carbons (Fsp3) is 0.167. The molecule has 0 bridgehead atoms. The molecule has 1 heterocycles. The summed E-state index contributed by atoms with van der Waals surface area (Å²) in [4.78, 5) is 0. The van der Waals surface area contributed by atoms with Crippen molar-refractivity contribution in [3.05, 3.63) is 71.4 Å². The first-order chi connectivity index (χ1) is 10.1. The largest absolute Gasteiger partial charge is 0.396 e. The van der Waals surface area contributed by atoms with Crippen LogP contribution < -0.4 is 5.73 Å². The van der Waals surface area contributed by atoms with Gasteiger partial charge in [-0.25, -0.2) is 0 Å². The van der Waals surface area contributed by atoms with Crippen molar-refractivity contribution in [2.75, 3.05) is 5.73 Å². The fourth-order valence-electron chi connectivity index (χ4n) is 2.62. The van der Waals surface area contributed by atoms with Gasteiger partial charge in [0.2, 0.25) is 0 Å². The van der Waals surface area contributed by atoms with Crippen molar-refractivity contribution in [2.45, 2.75) is 20.4 Å². The second-order valence-electron chi connectivity index (χ2n) is 5.49. The zero-order valence-electron chi connectivity index (χ0n) is 12.4.